The number of thioether (sulfide) groups is 2. The maximum atomic E-state index is 4.45. The van der Waals surface area contributed by atoms with E-state index in [0.717, 1.165) is 29.9 Å². The highest BCUT2D eigenvalue weighted by molar-refractivity contribution is 7.98. The van der Waals surface area contributed by atoms with Crippen LogP contribution < -0.4 is 10.6 Å². The summed E-state index contributed by atoms with van der Waals surface area (Å²) in [4.78, 5) is 8.84. The smallest absolute Gasteiger partial charge is 0.191 e. The molecule has 0 saturated heterocycles. The van der Waals surface area contributed by atoms with Crippen LogP contribution in [0.4, 0.5) is 11.6 Å². The van der Waals surface area contributed by atoms with Gasteiger partial charge in [-0.2, -0.15) is 11.8 Å². The number of aromatic nitrogens is 2. The van der Waals surface area contributed by atoms with Crippen LogP contribution in [-0.4, -0.2) is 41.3 Å². The monoisotopic (exact) mass is 286 g/mol. The van der Waals surface area contributed by atoms with Crippen molar-refractivity contribution in [2.45, 2.75) is 24.9 Å². The first-order chi connectivity index (χ1) is 8.80. The van der Waals surface area contributed by atoms with E-state index < -0.39 is 0 Å². The lowest BCUT2D eigenvalue weighted by Crippen LogP contribution is -2.07. The van der Waals surface area contributed by atoms with Crippen LogP contribution in [0.5, 0.6) is 0 Å². The lowest BCUT2D eigenvalue weighted by molar-refractivity contribution is 0.834. The molecule has 6 heteroatoms. The van der Waals surface area contributed by atoms with E-state index in [2.05, 4.69) is 33.8 Å². The Bertz CT molecular complexity index is 347. The first-order valence-corrected chi connectivity index (χ1v) is 8.81. The molecule has 18 heavy (non-hydrogen) atoms. The molecule has 0 fully saturated rings. The largest absolute Gasteiger partial charge is 0.370 e. The zero-order chi connectivity index (χ0) is 13.2. The third-order valence-corrected chi connectivity index (χ3v) is 3.57. The van der Waals surface area contributed by atoms with Crippen molar-refractivity contribution in [3.05, 3.63) is 6.07 Å². The molecule has 1 aromatic rings. The van der Waals surface area contributed by atoms with E-state index in [1.807, 2.05) is 24.1 Å². The minimum atomic E-state index is 0.806. The molecular weight excluding hydrogens is 264 g/mol. The number of hydrogen-bond acceptors (Lipinski definition) is 6. The van der Waals surface area contributed by atoms with E-state index in [4.69, 9.17) is 0 Å². The zero-order valence-corrected chi connectivity index (χ0v) is 13.0. The summed E-state index contributed by atoms with van der Waals surface area (Å²) in [7, 11) is 0. The van der Waals surface area contributed by atoms with E-state index in [0.29, 0.717) is 0 Å². The Morgan fingerprint density at radius 2 is 1.83 bits per heavy atom. The predicted octanol–water partition coefficient (Wildman–Crippen LogP) is 3.19. The summed E-state index contributed by atoms with van der Waals surface area (Å²) in [5.74, 6) is 3.03. The van der Waals surface area contributed by atoms with Crippen LogP contribution in [0.1, 0.15) is 19.8 Å². The van der Waals surface area contributed by atoms with Gasteiger partial charge in [0.2, 0.25) is 0 Å². The minimum Gasteiger partial charge on any atom is -0.370 e. The number of hydrogen-bond donors (Lipinski definition) is 2. The average Bonchev–Trinajstić information content (AvgIpc) is 2.38. The molecule has 2 N–H and O–H groups in total. The van der Waals surface area contributed by atoms with Crippen molar-refractivity contribution in [2.24, 2.45) is 0 Å². The minimum absolute atomic E-state index is 0.806. The first-order valence-electron chi connectivity index (χ1n) is 6.20. The second kappa shape index (κ2) is 9.33. The standard InChI is InChI=1S/C12H22N4S2/c1-4-13-10-9-11(16-12(15-10)18-3)14-7-5-6-8-17-2/h9H,4-8H2,1-3H3,(H2,13,14,15,16). The highest BCUT2D eigenvalue weighted by Gasteiger charge is 2.02. The lowest BCUT2D eigenvalue weighted by Gasteiger charge is -2.09. The fourth-order valence-electron chi connectivity index (χ4n) is 1.47. The molecule has 0 aliphatic heterocycles. The molecule has 102 valence electrons. The summed E-state index contributed by atoms with van der Waals surface area (Å²) in [6.07, 6.45) is 6.56. The van der Waals surface area contributed by atoms with Gasteiger partial charge in [0.1, 0.15) is 11.6 Å². The van der Waals surface area contributed by atoms with Crippen molar-refractivity contribution < 1.29 is 0 Å². The molecule has 0 amide bonds. The van der Waals surface area contributed by atoms with Gasteiger partial charge in [0.05, 0.1) is 0 Å². The van der Waals surface area contributed by atoms with Crippen LogP contribution in [0.2, 0.25) is 0 Å². The zero-order valence-electron chi connectivity index (χ0n) is 11.3. The quantitative estimate of drug-likeness (QED) is 0.413. The Morgan fingerprint density at radius 1 is 1.11 bits per heavy atom. The molecular formula is C12H22N4S2. The second-order valence-electron chi connectivity index (χ2n) is 3.78. The maximum Gasteiger partial charge on any atom is 0.191 e. The van der Waals surface area contributed by atoms with Gasteiger partial charge < -0.3 is 10.6 Å². The summed E-state index contributed by atoms with van der Waals surface area (Å²) in [6, 6.07) is 1.97. The summed E-state index contributed by atoms with van der Waals surface area (Å²) >= 11 is 3.46. The lowest BCUT2D eigenvalue weighted by atomic mass is 10.3. The van der Waals surface area contributed by atoms with Crippen molar-refractivity contribution in [1.82, 2.24) is 9.97 Å². The van der Waals surface area contributed by atoms with Crippen LogP contribution in [0.25, 0.3) is 0 Å². The van der Waals surface area contributed by atoms with Crippen molar-refractivity contribution in [3.63, 3.8) is 0 Å². The SMILES string of the molecule is CCNc1cc(NCCCCSC)nc(SC)n1. The molecule has 1 aromatic heterocycles. The molecule has 0 bridgehead atoms. The van der Waals surface area contributed by atoms with Gasteiger partial charge in [0, 0.05) is 19.2 Å². The van der Waals surface area contributed by atoms with Gasteiger partial charge in [-0.25, -0.2) is 9.97 Å². The number of unbranched alkanes of at least 4 members (excludes halogenated alkanes) is 1. The van der Waals surface area contributed by atoms with E-state index in [9.17, 15) is 0 Å². The number of nitrogens with zero attached hydrogens (tertiary/aromatic N) is 2. The van der Waals surface area contributed by atoms with Gasteiger partial charge in [-0.1, -0.05) is 11.8 Å². The van der Waals surface area contributed by atoms with E-state index >= 15 is 0 Å². The molecule has 0 aromatic carbocycles. The van der Waals surface area contributed by atoms with Crippen LogP contribution >= 0.6 is 23.5 Å². The summed E-state index contributed by atoms with van der Waals surface area (Å²) in [5.41, 5.74) is 0. The number of rotatable bonds is 9. The summed E-state index contributed by atoms with van der Waals surface area (Å²) in [6.45, 7) is 3.91. The van der Waals surface area contributed by atoms with Crippen molar-refractivity contribution in [3.8, 4) is 0 Å². The maximum absolute atomic E-state index is 4.45. The normalized spacial score (nSPS) is 10.4. The van der Waals surface area contributed by atoms with Gasteiger partial charge in [0.15, 0.2) is 5.16 Å². The summed E-state index contributed by atoms with van der Waals surface area (Å²) < 4.78 is 0. The molecule has 0 aliphatic rings. The highest BCUT2D eigenvalue weighted by atomic mass is 32.2. The number of anilines is 2. The van der Waals surface area contributed by atoms with Crippen molar-refractivity contribution in [2.75, 3.05) is 42.0 Å². The van der Waals surface area contributed by atoms with E-state index in [1.165, 1.54) is 18.6 Å². The van der Waals surface area contributed by atoms with Crippen LogP contribution in [0.3, 0.4) is 0 Å². The van der Waals surface area contributed by atoms with Crippen molar-refractivity contribution >= 4 is 35.2 Å². The Morgan fingerprint density at radius 3 is 2.44 bits per heavy atom. The van der Waals surface area contributed by atoms with Gasteiger partial charge in [-0.15, -0.1) is 0 Å². The average molecular weight is 286 g/mol. The Kier molecular flexibility index (Phi) is 8.00. The highest BCUT2D eigenvalue weighted by Crippen LogP contribution is 2.17. The second-order valence-corrected chi connectivity index (χ2v) is 5.54. The fraction of sp³-hybridized carbons (Fsp3) is 0.667. The third-order valence-electron chi connectivity index (χ3n) is 2.33. The Labute approximate surface area is 118 Å². The molecule has 4 nitrogen and oxygen atoms in total. The van der Waals surface area contributed by atoms with Gasteiger partial charge in [-0.3, -0.25) is 0 Å². The Balaban J connectivity index is 2.50. The van der Waals surface area contributed by atoms with Crippen LogP contribution in [-0.2, 0) is 0 Å². The van der Waals surface area contributed by atoms with Crippen molar-refractivity contribution in [1.29, 1.82) is 0 Å². The molecule has 0 spiro atoms. The summed E-state index contributed by atoms with van der Waals surface area (Å²) in [5, 5.41) is 7.39. The fourth-order valence-corrected chi connectivity index (χ4v) is 2.34. The van der Waals surface area contributed by atoms with Gasteiger partial charge in [0.25, 0.3) is 0 Å². The van der Waals surface area contributed by atoms with Gasteiger partial charge in [-0.05, 0) is 38.0 Å². The van der Waals surface area contributed by atoms with E-state index in [1.54, 1.807) is 11.8 Å². The molecule has 1 heterocycles. The topological polar surface area (TPSA) is 49.8 Å². The third kappa shape index (κ3) is 5.82. The first kappa shape index (κ1) is 15.4. The molecule has 0 radical (unpaired) electrons. The molecule has 0 saturated carbocycles. The predicted molar refractivity (Wildman–Crippen MR) is 84.1 cm³/mol. The Hall–Kier alpha value is -0.620. The van der Waals surface area contributed by atoms with E-state index in [-0.39, 0.29) is 0 Å². The molecule has 0 unspecified atom stereocenters. The van der Waals surface area contributed by atoms with Crippen LogP contribution in [0, 0.1) is 0 Å². The molecule has 0 atom stereocenters. The molecule has 0 aliphatic carbocycles. The van der Waals surface area contributed by atoms with Crippen LogP contribution in [0.15, 0.2) is 11.2 Å². The van der Waals surface area contributed by atoms with Gasteiger partial charge >= 0.3 is 0 Å². The molecule has 1 rings (SSSR count). The number of nitrogens with one attached hydrogen (secondary N) is 2.